The lowest BCUT2D eigenvalue weighted by Crippen LogP contribution is -2.62. The van der Waals surface area contributed by atoms with E-state index in [4.69, 9.17) is 0 Å². The van der Waals surface area contributed by atoms with Gasteiger partial charge in [0.05, 0.1) is 11.3 Å². The summed E-state index contributed by atoms with van der Waals surface area (Å²) in [5.41, 5.74) is 2.81. The summed E-state index contributed by atoms with van der Waals surface area (Å²) in [5, 5.41) is 6.38. The summed E-state index contributed by atoms with van der Waals surface area (Å²) < 4.78 is 13.9. The second-order valence-electron chi connectivity index (χ2n) is 7.09. The van der Waals surface area contributed by atoms with Crippen LogP contribution in [-0.2, 0) is 6.54 Å². The SMILES string of the molecule is Cc1ccc(CN2CCC3(CC2)NC(=O)c2c(F)cccc2N3)cc1. The highest BCUT2D eigenvalue weighted by Crippen LogP contribution is 2.32. The van der Waals surface area contributed by atoms with E-state index < -0.39 is 11.5 Å². The fourth-order valence-corrected chi connectivity index (χ4v) is 3.72. The van der Waals surface area contributed by atoms with Crippen LogP contribution in [-0.4, -0.2) is 29.6 Å². The molecule has 2 heterocycles. The second kappa shape index (κ2) is 6.15. The van der Waals surface area contributed by atoms with Crippen LogP contribution in [0.5, 0.6) is 0 Å². The Balaban J connectivity index is 1.45. The number of benzene rings is 2. The number of amides is 1. The number of fused-ring (bicyclic) bond motifs is 1. The van der Waals surface area contributed by atoms with E-state index in [9.17, 15) is 9.18 Å². The Labute approximate surface area is 147 Å². The number of nitrogens with one attached hydrogen (secondary N) is 2. The zero-order valence-corrected chi connectivity index (χ0v) is 14.3. The molecule has 4 nitrogen and oxygen atoms in total. The minimum absolute atomic E-state index is 0.121. The van der Waals surface area contributed by atoms with Crippen molar-refractivity contribution in [1.82, 2.24) is 10.2 Å². The number of likely N-dealkylation sites (tertiary alicyclic amines) is 1. The number of piperidine rings is 1. The molecule has 5 heteroatoms. The van der Waals surface area contributed by atoms with Crippen molar-refractivity contribution < 1.29 is 9.18 Å². The van der Waals surface area contributed by atoms with Crippen molar-refractivity contribution in [3.05, 3.63) is 65.0 Å². The molecular weight excluding hydrogens is 317 g/mol. The Morgan fingerprint density at radius 3 is 2.52 bits per heavy atom. The van der Waals surface area contributed by atoms with Crippen molar-refractivity contribution in [2.45, 2.75) is 32.0 Å². The highest BCUT2D eigenvalue weighted by molar-refractivity contribution is 6.02. The summed E-state index contributed by atoms with van der Waals surface area (Å²) in [4.78, 5) is 14.8. The van der Waals surface area contributed by atoms with E-state index in [2.05, 4.69) is 46.7 Å². The number of carbonyl (C=O) groups excluding carboxylic acids is 1. The molecule has 2 N–H and O–H groups in total. The first-order valence-corrected chi connectivity index (χ1v) is 8.72. The molecule has 0 aliphatic carbocycles. The summed E-state index contributed by atoms with van der Waals surface area (Å²) in [7, 11) is 0. The van der Waals surface area contributed by atoms with Gasteiger partial charge in [-0.15, -0.1) is 0 Å². The molecule has 1 saturated heterocycles. The molecule has 0 unspecified atom stereocenters. The van der Waals surface area contributed by atoms with Crippen molar-refractivity contribution in [1.29, 1.82) is 0 Å². The molecule has 4 rings (SSSR count). The van der Waals surface area contributed by atoms with Gasteiger partial charge in [0.15, 0.2) is 0 Å². The van der Waals surface area contributed by atoms with Gasteiger partial charge in [-0.2, -0.15) is 0 Å². The largest absolute Gasteiger partial charge is 0.362 e. The fourth-order valence-electron chi connectivity index (χ4n) is 3.72. The first-order chi connectivity index (χ1) is 12.0. The van der Waals surface area contributed by atoms with Crippen molar-refractivity contribution in [2.75, 3.05) is 18.4 Å². The third kappa shape index (κ3) is 3.12. The number of anilines is 1. The molecule has 2 aliphatic rings. The Morgan fingerprint density at radius 1 is 1.08 bits per heavy atom. The summed E-state index contributed by atoms with van der Waals surface area (Å²) in [6.07, 6.45) is 1.58. The van der Waals surface area contributed by atoms with Crippen LogP contribution in [0.15, 0.2) is 42.5 Å². The smallest absolute Gasteiger partial charge is 0.258 e. The van der Waals surface area contributed by atoms with Gasteiger partial charge >= 0.3 is 0 Å². The van der Waals surface area contributed by atoms with Gasteiger partial charge in [-0.25, -0.2) is 4.39 Å². The first kappa shape index (κ1) is 16.1. The highest BCUT2D eigenvalue weighted by atomic mass is 19.1. The summed E-state index contributed by atoms with van der Waals surface area (Å²) in [6.45, 7) is 4.76. The lowest BCUT2D eigenvalue weighted by atomic mass is 9.92. The number of aryl methyl sites for hydroxylation is 1. The molecule has 1 amide bonds. The summed E-state index contributed by atoms with van der Waals surface area (Å²) in [6, 6.07) is 13.3. The molecule has 2 aliphatic heterocycles. The Morgan fingerprint density at radius 2 is 1.80 bits per heavy atom. The van der Waals surface area contributed by atoms with E-state index in [0.29, 0.717) is 5.69 Å². The van der Waals surface area contributed by atoms with E-state index in [1.54, 1.807) is 12.1 Å². The normalized spacial score (nSPS) is 19.2. The maximum absolute atomic E-state index is 13.9. The van der Waals surface area contributed by atoms with Gasteiger partial charge < -0.3 is 10.6 Å². The molecule has 0 atom stereocenters. The summed E-state index contributed by atoms with van der Waals surface area (Å²) in [5.74, 6) is -0.798. The molecule has 0 radical (unpaired) electrons. The predicted molar refractivity (Wildman–Crippen MR) is 95.9 cm³/mol. The number of carbonyl (C=O) groups is 1. The number of halogens is 1. The zero-order chi connectivity index (χ0) is 17.4. The first-order valence-electron chi connectivity index (χ1n) is 8.72. The lowest BCUT2D eigenvalue weighted by molar-refractivity contribution is 0.0817. The van der Waals surface area contributed by atoms with Crippen molar-refractivity contribution in [3.8, 4) is 0 Å². The standard InChI is InChI=1S/C20H22FN3O/c1-14-5-7-15(8-6-14)13-24-11-9-20(10-12-24)22-17-4-2-3-16(21)18(17)19(25)23-20/h2-8,22H,9-13H2,1H3,(H,23,25). The number of rotatable bonds is 2. The van der Waals surface area contributed by atoms with Crippen molar-refractivity contribution in [2.24, 2.45) is 0 Å². The third-order valence-corrected chi connectivity index (χ3v) is 5.20. The van der Waals surface area contributed by atoms with Gasteiger partial charge in [-0.1, -0.05) is 35.9 Å². The monoisotopic (exact) mass is 339 g/mol. The quantitative estimate of drug-likeness (QED) is 0.882. The van der Waals surface area contributed by atoms with E-state index in [0.717, 1.165) is 32.5 Å². The van der Waals surface area contributed by atoms with Gasteiger partial charge in [0.1, 0.15) is 11.5 Å². The molecule has 0 bridgehead atoms. The van der Waals surface area contributed by atoms with Crippen molar-refractivity contribution >= 4 is 11.6 Å². The van der Waals surface area contributed by atoms with Gasteiger partial charge in [-0.05, 0) is 24.6 Å². The average molecular weight is 339 g/mol. The van der Waals surface area contributed by atoms with Crippen LogP contribution in [0.2, 0.25) is 0 Å². The average Bonchev–Trinajstić information content (AvgIpc) is 2.59. The van der Waals surface area contributed by atoms with E-state index in [1.807, 2.05) is 0 Å². The number of nitrogens with zero attached hydrogens (tertiary/aromatic N) is 1. The summed E-state index contributed by atoms with van der Waals surface area (Å²) >= 11 is 0. The highest BCUT2D eigenvalue weighted by Gasteiger charge is 2.40. The van der Waals surface area contributed by atoms with Crippen molar-refractivity contribution in [3.63, 3.8) is 0 Å². The molecule has 25 heavy (non-hydrogen) atoms. The van der Waals surface area contributed by atoms with Crippen LogP contribution in [0.25, 0.3) is 0 Å². The molecule has 2 aromatic rings. The van der Waals surface area contributed by atoms with Gasteiger partial charge in [0, 0.05) is 32.5 Å². The molecule has 1 spiro atoms. The van der Waals surface area contributed by atoms with Crippen LogP contribution in [0, 0.1) is 12.7 Å². The minimum atomic E-state index is -0.478. The van der Waals surface area contributed by atoms with E-state index in [-0.39, 0.29) is 11.5 Å². The Bertz CT molecular complexity index is 795. The van der Waals surface area contributed by atoms with Crippen LogP contribution in [0.4, 0.5) is 10.1 Å². The lowest BCUT2D eigenvalue weighted by Gasteiger charge is -2.46. The number of hydrogen-bond acceptors (Lipinski definition) is 3. The predicted octanol–water partition coefficient (Wildman–Crippen LogP) is 3.28. The molecule has 1 fully saturated rings. The maximum atomic E-state index is 13.9. The van der Waals surface area contributed by atoms with Gasteiger partial charge in [-0.3, -0.25) is 9.69 Å². The molecule has 2 aromatic carbocycles. The molecule has 130 valence electrons. The van der Waals surface area contributed by atoms with Gasteiger partial charge in [0.2, 0.25) is 0 Å². The molecular formula is C20H22FN3O. The van der Waals surface area contributed by atoms with Crippen LogP contribution in [0.3, 0.4) is 0 Å². The minimum Gasteiger partial charge on any atom is -0.362 e. The Kier molecular flexibility index (Phi) is 3.96. The molecule has 0 aromatic heterocycles. The van der Waals surface area contributed by atoms with Crippen LogP contribution < -0.4 is 10.6 Å². The third-order valence-electron chi connectivity index (χ3n) is 5.20. The van der Waals surface area contributed by atoms with Crippen LogP contribution >= 0.6 is 0 Å². The zero-order valence-electron chi connectivity index (χ0n) is 14.3. The van der Waals surface area contributed by atoms with Crippen LogP contribution in [0.1, 0.15) is 34.3 Å². The maximum Gasteiger partial charge on any atom is 0.258 e. The topological polar surface area (TPSA) is 44.4 Å². The van der Waals surface area contributed by atoms with E-state index in [1.165, 1.54) is 17.2 Å². The molecule has 0 saturated carbocycles. The van der Waals surface area contributed by atoms with Gasteiger partial charge in [0.25, 0.3) is 5.91 Å². The Hall–Kier alpha value is -2.40. The van der Waals surface area contributed by atoms with E-state index >= 15 is 0 Å². The second-order valence-corrected chi connectivity index (χ2v) is 7.09. The number of hydrogen-bond donors (Lipinski definition) is 2. The fraction of sp³-hybridized carbons (Fsp3) is 0.350.